The van der Waals surface area contributed by atoms with Gasteiger partial charge in [-0.1, -0.05) is 65.7 Å². The number of hydrogen-bond acceptors (Lipinski definition) is 5. The van der Waals surface area contributed by atoms with E-state index in [2.05, 4.69) is 5.32 Å². The molecular formula is C31H26Cl2N2O4S. The summed E-state index contributed by atoms with van der Waals surface area (Å²) < 4.78 is 10.9. The van der Waals surface area contributed by atoms with Gasteiger partial charge in [0.1, 0.15) is 12.4 Å². The molecule has 0 aromatic heterocycles. The summed E-state index contributed by atoms with van der Waals surface area (Å²) in [5.74, 6) is -0.287. The molecule has 4 rings (SSSR count). The first-order valence-corrected chi connectivity index (χ1v) is 13.6. The Bertz CT molecular complexity index is 1480. The Morgan fingerprint density at radius 1 is 0.850 bits per heavy atom. The molecule has 9 heteroatoms. The Kier molecular flexibility index (Phi) is 10.1. The van der Waals surface area contributed by atoms with E-state index in [9.17, 15) is 9.59 Å². The topological polar surface area (TPSA) is 67.9 Å². The van der Waals surface area contributed by atoms with Gasteiger partial charge in [0.2, 0.25) is 0 Å². The lowest BCUT2D eigenvalue weighted by Crippen LogP contribution is -2.42. The Morgan fingerprint density at radius 2 is 1.52 bits per heavy atom. The van der Waals surface area contributed by atoms with Gasteiger partial charge < -0.3 is 14.4 Å². The second kappa shape index (κ2) is 13.9. The number of esters is 1. The molecule has 4 aromatic rings. The number of thiocarbonyl (C=S) groups is 1. The van der Waals surface area contributed by atoms with Gasteiger partial charge in [0, 0.05) is 26.9 Å². The van der Waals surface area contributed by atoms with E-state index in [4.69, 9.17) is 44.9 Å². The molecule has 0 radical (unpaired) electrons. The summed E-state index contributed by atoms with van der Waals surface area (Å²) in [5, 5.41) is 3.84. The molecular weight excluding hydrogens is 567 g/mol. The van der Waals surface area contributed by atoms with E-state index in [1.54, 1.807) is 78.6 Å². The lowest BCUT2D eigenvalue weighted by Gasteiger charge is -2.26. The van der Waals surface area contributed by atoms with E-state index in [0.29, 0.717) is 44.8 Å². The van der Waals surface area contributed by atoms with Crippen LogP contribution >= 0.6 is 35.4 Å². The van der Waals surface area contributed by atoms with E-state index < -0.39 is 11.9 Å². The molecule has 204 valence electrons. The number of benzene rings is 4. The van der Waals surface area contributed by atoms with Crippen molar-refractivity contribution < 1.29 is 19.1 Å². The van der Waals surface area contributed by atoms with Crippen LogP contribution in [0.5, 0.6) is 5.75 Å². The molecule has 0 unspecified atom stereocenters. The van der Waals surface area contributed by atoms with Crippen LogP contribution in [0.15, 0.2) is 97.1 Å². The Morgan fingerprint density at radius 3 is 2.20 bits per heavy atom. The minimum absolute atomic E-state index is 0.125. The Balaban J connectivity index is 1.54. The third-order valence-electron chi connectivity index (χ3n) is 5.88. The summed E-state index contributed by atoms with van der Waals surface area (Å²) in [4.78, 5) is 27.0. The van der Waals surface area contributed by atoms with Crippen LogP contribution in [0.1, 0.15) is 38.8 Å². The predicted octanol–water partition coefficient (Wildman–Crippen LogP) is 7.47. The molecule has 0 saturated heterocycles. The molecule has 0 aliphatic carbocycles. The first-order valence-electron chi connectivity index (χ1n) is 12.5. The van der Waals surface area contributed by atoms with Crippen LogP contribution in [0.4, 0.5) is 5.69 Å². The van der Waals surface area contributed by atoms with Gasteiger partial charge in [-0.2, -0.15) is 0 Å². The SMILES string of the molecule is CCOC(=O)c1ccc(N(Cc2c(Cl)cccc2Cl)C(=S)NC(=O)c2cccc(OCc3ccccc3)c2)cc1. The smallest absolute Gasteiger partial charge is 0.338 e. The molecule has 6 nitrogen and oxygen atoms in total. The summed E-state index contributed by atoms with van der Waals surface area (Å²) in [7, 11) is 0. The lowest BCUT2D eigenvalue weighted by molar-refractivity contribution is 0.0526. The minimum atomic E-state index is -0.431. The number of anilines is 1. The summed E-state index contributed by atoms with van der Waals surface area (Å²) in [6, 6.07) is 28.5. The number of halogens is 2. The normalized spacial score (nSPS) is 10.5. The number of rotatable bonds is 9. The van der Waals surface area contributed by atoms with Gasteiger partial charge in [0.05, 0.1) is 18.7 Å². The molecule has 1 N–H and O–H groups in total. The molecule has 40 heavy (non-hydrogen) atoms. The number of hydrogen-bond donors (Lipinski definition) is 1. The highest BCUT2D eigenvalue weighted by atomic mass is 35.5. The average Bonchev–Trinajstić information content (AvgIpc) is 2.97. The van der Waals surface area contributed by atoms with Crippen molar-refractivity contribution >= 4 is 58.1 Å². The van der Waals surface area contributed by atoms with Gasteiger partial charge in [-0.25, -0.2) is 4.79 Å². The predicted molar refractivity (Wildman–Crippen MR) is 162 cm³/mol. The molecule has 0 fully saturated rings. The number of nitrogens with zero attached hydrogens (tertiary/aromatic N) is 1. The van der Waals surface area contributed by atoms with Crippen LogP contribution in [-0.4, -0.2) is 23.6 Å². The first-order chi connectivity index (χ1) is 19.4. The van der Waals surface area contributed by atoms with Crippen LogP contribution < -0.4 is 15.0 Å². The first kappa shape index (κ1) is 29.1. The van der Waals surface area contributed by atoms with E-state index >= 15 is 0 Å². The van der Waals surface area contributed by atoms with Crippen LogP contribution in [0.25, 0.3) is 0 Å². The maximum Gasteiger partial charge on any atom is 0.338 e. The maximum absolute atomic E-state index is 13.2. The van der Waals surface area contributed by atoms with Crippen molar-refractivity contribution in [1.29, 1.82) is 0 Å². The molecule has 0 spiro atoms. The van der Waals surface area contributed by atoms with Gasteiger partial charge in [0.25, 0.3) is 5.91 Å². The number of amides is 1. The van der Waals surface area contributed by atoms with Gasteiger partial charge in [-0.3, -0.25) is 10.1 Å². The second-order valence-corrected chi connectivity index (χ2v) is 9.82. The highest BCUT2D eigenvalue weighted by molar-refractivity contribution is 7.80. The molecule has 0 aliphatic heterocycles. The largest absolute Gasteiger partial charge is 0.489 e. The molecule has 0 saturated carbocycles. The third kappa shape index (κ3) is 7.60. The zero-order chi connectivity index (χ0) is 28.5. The quantitative estimate of drug-likeness (QED) is 0.160. The van der Waals surface area contributed by atoms with Crippen LogP contribution in [0.2, 0.25) is 10.0 Å². The monoisotopic (exact) mass is 592 g/mol. The summed E-state index contributed by atoms with van der Waals surface area (Å²) in [6.45, 7) is 2.56. The fraction of sp³-hybridized carbons (Fsp3) is 0.129. The number of ether oxygens (including phenoxy) is 2. The molecule has 0 atom stereocenters. The average molecular weight is 594 g/mol. The van der Waals surface area contributed by atoms with E-state index in [0.717, 1.165) is 5.56 Å². The fourth-order valence-electron chi connectivity index (χ4n) is 3.82. The van der Waals surface area contributed by atoms with Crippen molar-refractivity contribution in [2.45, 2.75) is 20.1 Å². The molecule has 0 aliphatic rings. The number of nitrogens with one attached hydrogen (secondary N) is 1. The van der Waals surface area contributed by atoms with Gasteiger partial charge in [0.15, 0.2) is 5.11 Å². The Hall–Kier alpha value is -3.91. The zero-order valence-corrected chi connectivity index (χ0v) is 23.9. The lowest BCUT2D eigenvalue weighted by atomic mass is 10.1. The minimum Gasteiger partial charge on any atom is -0.489 e. The molecule has 0 heterocycles. The molecule has 0 bridgehead atoms. The van der Waals surface area contributed by atoms with Crippen LogP contribution in [0.3, 0.4) is 0 Å². The Labute approximate surface area is 248 Å². The van der Waals surface area contributed by atoms with Crippen molar-refractivity contribution in [3.8, 4) is 5.75 Å². The van der Waals surface area contributed by atoms with Crippen LogP contribution in [-0.2, 0) is 17.9 Å². The standard InChI is InChI=1S/C31H26Cl2N2O4S/c1-2-38-30(37)22-14-16-24(17-15-22)35(19-26-27(32)12-7-13-28(26)33)31(40)34-29(36)23-10-6-11-25(18-23)39-20-21-8-4-3-5-9-21/h3-18H,2,19-20H2,1H3,(H,34,36,40). The highest BCUT2D eigenvalue weighted by Gasteiger charge is 2.20. The molecule has 4 aromatic carbocycles. The fourth-order valence-corrected chi connectivity index (χ4v) is 4.60. The number of carbonyl (C=O) groups is 2. The van der Waals surface area contributed by atoms with Crippen molar-refractivity contribution in [1.82, 2.24) is 5.32 Å². The summed E-state index contributed by atoms with van der Waals surface area (Å²) >= 11 is 18.6. The van der Waals surface area contributed by atoms with Crippen LogP contribution in [0, 0.1) is 0 Å². The van der Waals surface area contributed by atoms with Gasteiger partial charge in [-0.05, 0) is 79.3 Å². The van der Waals surface area contributed by atoms with E-state index in [1.807, 2.05) is 30.3 Å². The van der Waals surface area contributed by atoms with Crippen molar-refractivity contribution in [2.24, 2.45) is 0 Å². The van der Waals surface area contributed by atoms with E-state index in [1.165, 1.54) is 0 Å². The van der Waals surface area contributed by atoms with Gasteiger partial charge in [-0.15, -0.1) is 0 Å². The maximum atomic E-state index is 13.2. The second-order valence-electron chi connectivity index (χ2n) is 8.62. The highest BCUT2D eigenvalue weighted by Crippen LogP contribution is 2.28. The molecule has 1 amide bonds. The van der Waals surface area contributed by atoms with Crippen molar-refractivity contribution in [2.75, 3.05) is 11.5 Å². The zero-order valence-electron chi connectivity index (χ0n) is 21.6. The third-order valence-corrected chi connectivity index (χ3v) is 6.91. The summed E-state index contributed by atoms with van der Waals surface area (Å²) in [5.41, 5.74) is 3.04. The van der Waals surface area contributed by atoms with Crippen molar-refractivity contribution in [3.05, 3.63) is 129 Å². The summed E-state index contributed by atoms with van der Waals surface area (Å²) in [6.07, 6.45) is 0. The number of carbonyl (C=O) groups excluding carboxylic acids is 2. The van der Waals surface area contributed by atoms with Crippen molar-refractivity contribution in [3.63, 3.8) is 0 Å². The van der Waals surface area contributed by atoms with E-state index in [-0.39, 0.29) is 18.3 Å². The van der Waals surface area contributed by atoms with Gasteiger partial charge >= 0.3 is 5.97 Å².